The summed E-state index contributed by atoms with van der Waals surface area (Å²) in [6, 6.07) is 16.1. The molecule has 0 fully saturated rings. The molecule has 0 saturated carbocycles. The minimum absolute atomic E-state index is 0.749. The van der Waals surface area contributed by atoms with Gasteiger partial charge in [0.05, 0.1) is 10.7 Å². The van der Waals surface area contributed by atoms with Gasteiger partial charge in [-0.2, -0.15) is 0 Å². The van der Waals surface area contributed by atoms with Gasteiger partial charge in [-0.15, -0.1) is 0 Å². The number of halogens is 1. The van der Waals surface area contributed by atoms with Gasteiger partial charge in [-0.05, 0) is 29.8 Å². The molecular formula is C15H13ClN2. The zero-order chi connectivity index (χ0) is 12.4. The lowest BCUT2D eigenvalue weighted by Gasteiger charge is -2.09. The largest absolute Gasteiger partial charge is 0.380 e. The van der Waals surface area contributed by atoms with Crippen LogP contribution >= 0.6 is 11.6 Å². The molecule has 18 heavy (non-hydrogen) atoms. The second-order valence-electron chi connectivity index (χ2n) is 4.19. The maximum Gasteiger partial charge on any atom is 0.0637 e. The summed E-state index contributed by atoms with van der Waals surface area (Å²) in [6.07, 6.45) is 1.96. The first-order valence-corrected chi connectivity index (χ1v) is 6.26. The summed E-state index contributed by atoms with van der Waals surface area (Å²) in [7, 11) is 0. The van der Waals surface area contributed by atoms with Crippen molar-refractivity contribution < 1.29 is 0 Å². The average Bonchev–Trinajstić information content (AvgIpc) is 2.86. The van der Waals surface area contributed by atoms with Crippen molar-refractivity contribution in [3.63, 3.8) is 0 Å². The molecule has 0 aliphatic rings. The normalized spacial score (nSPS) is 10.7. The number of anilines is 1. The molecule has 0 saturated heterocycles. The summed E-state index contributed by atoms with van der Waals surface area (Å²) in [5.74, 6) is 0. The lowest BCUT2D eigenvalue weighted by molar-refractivity contribution is 1.17. The first-order valence-electron chi connectivity index (χ1n) is 5.88. The van der Waals surface area contributed by atoms with Crippen molar-refractivity contribution >= 4 is 28.2 Å². The summed E-state index contributed by atoms with van der Waals surface area (Å²) in [4.78, 5) is 3.22. The molecule has 0 bridgehead atoms. The van der Waals surface area contributed by atoms with Gasteiger partial charge < -0.3 is 10.3 Å². The van der Waals surface area contributed by atoms with Crippen molar-refractivity contribution in [3.05, 3.63) is 65.3 Å². The number of rotatable bonds is 3. The highest BCUT2D eigenvalue weighted by molar-refractivity contribution is 6.33. The Labute approximate surface area is 111 Å². The molecule has 2 aromatic carbocycles. The van der Waals surface area contributed by atoms with E-state index in [0.29, 0.717) is 0 Å². The van der Waals surface area contributed by atoms with E-state index in [1.165, 1.54) is 10.9 Å². The minimum Gasteiger partial charge on any atom is -0.380 e. The highest BCUT2D eigenvalue weighted by Gasteiger charge is 2.02. The summed E-state index contributed by atoms with van der Waals surface area (Å²) in [5, 5.41) is 5.36. The molecule has 0 aliphatic heterocycles. The van der Waals surface area contributed by atoms with Crippen LogP contribution in [0.3, 0.4) is 0 Å². The molecular weight excluding hydrogens is 244 g/mol. The molecule has 0 amide bonds. The molecule has 2 N–H and O–H groups in total. The smallest absolute Gasteiger partial charge is 0.0637 e. The fraction of sp³-hybridized carbons (Fsp3) is 0.0667. The van der Waals surface area contributed by atoms with Gasteiger partial charge in [0, 0.05) is 23.6 Å². The lowest BCUT2D eigenvalue weighted by atomic mass is 10.1. The Morgan fingerprint density at radius 3 is 2.78 bits per heavy atom. The number of nitrogens with one attached hydrogen (secondary N) is 2. The maximum absolute atomic E-state index is 6.12. The number of H-pyrrole nitrogens is 1. The molecule has 1 aromatic heterocycles. The standard InChI is InChI=1S/C15H13ClN2/c16-13-5-1-2-6-15(13)18-10-11-4-3-7-14-12(11)8-9-17-14/h1-9,17-18H,10H2. The van der Waals surface area contributed by atoms with Crippen LogP contribution in [0.4, 0.5) is 5.69 Å². The highest BCUT2D eigenvalue weighted by Crippen LogP contribution is 2.23. The SMILES string of the molecule is Clc1ccccc1NCc1cccc2[nH]ccc12. The molecule has 0 unspecified atom stereocenters. The van der Waals surface area contributed by atoms with Crippen LogP contribution in [0, 0.1) is 0 Å². The first kappa shape index (κ1) is 11.2. The fourth-order valence-electron chi connectivity index (χ4n) is 2.10. The Balaban J connectivity index is 1.85. The van der Waals surface area contributed by atoms with Crippen molar-refractivity contribution in [2.75, 3.05) is 5.32 Å². The predicted molar refractivity (Wildman–Crippen MR) is 77.1 cm³/mol. The molecule has 1 heterocycles. The number of fused-ring (bicyclic) bond motifs is 1. The van der Waals surface area contributed by atoms with E-state index in [1.807, 2.05) is 30.5 Å². The topological polar surface area (TPSA) is 27.8 Å². The van der Waals surface area contributed by atoms with E-state index in [-0.39, 0.29) is 0 Å². The van der Waals surface area contributed by atoms with Gasteiger partial charge >= 0.3 is 0 Å². The number of benzene rings is 2. The third kappa shape index (κ3) is 2.07. The lowest BCUT2D eigenvalue weighted by Crippen LogP contribution is -2.00. The fourth-order valence-corrected chi connectivity index (χ4v) is 2.30. The monoisotopic (exact) mass is 256 g/mol. The van der Waals surface area contributed by atoms with Crippen LogP contribution < -0.4 is 5.32 Å². The van der Waals surface area contributed by atoms with Gasteiger partial charge in [-0.25, -0.2) is 0 Å². The van der Waals surface area contributed by atoms with Gasteiger partial charge in [-0.1, -0.05) is 35.9 Å². The van der Waals surface area contributed by atoms with Crippen molar-refractivity contribution in [1.29, 1.82) is 0 Å². The summed E-state index contributed by atoms with van der Waals surface area (Å²) in [6.45, 7) is 0.763. The van der Waals surface area contributed by atoms with Crippen LogP contribution in [-0.4, -0.2) is 4.98 Å². The summed E-state index contributed by atoms with van der Waals surface area (Å²) in [5.41, 5.74) is 3.38. The van der Waals surface area contributed by atoms with Crippen LogP contribution in [0.25, 0.3) is 10.9 Å². The van der Waals surface area contributed by atoms with Crippen molar-refractivity contribution in [1.82, 2.24) is 4.98 Å². The molecule has 3 aromatic rings. The van der Waals surface area contributed by atoms with Crippen LogP contribution in [0.1, 0.15) is 5.56 Å². The average molecular weight is 257 g/mol. The zero-order valence-electron chi connectivity index (χ0n) is 9.78. The van der Waals surface area contributed by atoms with E-state index in [4.69, 9.17) is 11.6 Å². The Morgan fingerprint density at radius 1 is 1.00 bits per heavy atom. The third-order valence-corrected chi connectivity index (χ3v) is 3.36. The molecule has 0 atom stereocenters. The van der Waals surface area contributed by atoms with Gasteiger partial charge in [0.1, 0.15) is 0 Å². The Hall–Kier alpha value is -1.93. The third-order valence-electron chi connectivity index (χ3n) is 3.03. The van der Waals surface area contributed by atoms with E-state index in [1.54, 1.807) is 0 Å². The number of aromatic nitrogens is 1. The summed E-state index contributed by atoms with van der Waals surface area (Å²) < 4.78 is 0. The van der Waals surface area contributed by atoms with Crippen molar-refractivity contribution in [2.24, 2.45) is 0 Å². The minimum atomic E-state index is 0.749. The van der Waals surface area contributed by atoms with Gasteiger partial charge in [0.2, 0.25) is 0 Å². The molecule has 0 radical (unpaired) electrons. The van der Waals surface area contributed by atoms with E-state index >= 15 is 0 Å². The summed E-state index contributed by atoms with van der Waals surface area (Å²) >= 11 is 6.12. The molecule has 0 spiro atoms. The van der Waals surface area contributed by atoms with Crippen LogP contribution in [0.5, 0.6) is 0 Å². The second kappa shape index (κ2) is 4.75. The second-order valence-corrected chi connectivity index (χ2v) is 4.60. The Kier molecular flexibility index (Phi) is 2.95. The quantitative estimate of drug-likeness (QED) is 0.713. The van der Waals surface area contributed by atoms with Gasteiger partial charge in [-0.3, -0.25) is 0 Å². The molecule has 3 heteroatoms. The van der Waals surface area contributed by atoms with Crippen LogP contribution in [-0.2, 0) is 6.54 Å². The zero-order valence-corrected chi connectivity index (χ0v) is 10.5. The number of aromatic amines is 1. The Bertz CT molecular complexity index is 673. The van der Waals surface area contributed by atoms with Crippen LogP contribution in [0.2, 0.25) is 5.02 Å². The first-order chi connectivity index (χ1) is 8.84. The molecule has 3 rings (SSSR count). The van der Waals surface area contributed by atoms with E-state index in [9.17, 15) is 0 Å². The Morgan fingerprint density at radius 2 is 1.89 bits per heavy atom. The van der Waals surface area contributed by atoms with E-state index < -0.39 is 0 Å². The maximum atomic E-state index is 6.12. The molecule has 90 valence electrons. The van der Waals surface area contributed by atoms with Gasteiger partial charge in [0.15, 0.2) is 0 Å². The highest BCUT2D eigenvalue weighted by atomic mass is 35.5. The van der Waals surface area contributed by atoms with E-state index in [2.05, 4.69) is 34.6 Å². The predicted octanol–water partition coefficient (Wildman–Crippen LogP) is 4.43. The van der Waals surface area contributed by atoms with Crippen molar-refractivity contribution in [3.8, 4) is 0 Å². The van der Waals surface area contributed by atoms with Crippen molar-refractivity contribution in [2.45, 2.75) is 6.54 Å². The number of hydrogen-bond acceptors (Lipinski definition) is 1. The molecule has 2 nitrogen and oxygen atoms in total. The van der Waals surface area contributed by atoms with E-state index in [0.717, 1.165) is 22.8 Å². The van der Waals surface area contributed by atoms with Gasteiger partial charge in [0.25, 0.3) is 0 Å². The molecule has 0 aliphatic carbocycles. The van der Waals surface area contributed by atoms with Crippen LogP contribution in [0.15, 0.2) is 54.7 Å². The number of para-hydroxylation sites is 1. The number of hydrogen-bond donors (Lipinski definition) is 2.